The van der Waals surface area contributed by atoms with Crippen molar-refractivity contribution in [2.45, 2.75) is 58.7 Å². The maximum absolute atomic E-state index is 6.29. The van der Waals surface area contributed by atoms with Crippen LogP contribution in [0.25, 0.3) is 0 Å². The first-order chi connectivity index (χ1) is 6.45. The molecule has 14 heavy (non-hydrogen) atoms. The van der Waals surface area contributed by atoms with E-state index in [0.717, 1.165) is 12.3 Å². The van der Waals surface area contributed by atoms with Crippen LogP contribution in [0.4, 0.5) is 0 Å². The van der Waals surface area contributed by atoms with Crippen molar-refractivity contribution in [3.63, 3.8) is 0 Å². The third-order valence-electron chi connectivity index (χ3n) is 2.46. The van der Waals surface area contributed by atoms with Gasteiger partial charge in [0.1, 0.15) is 0 Å². The van der Waals surface area contributed by atoms with E-state index in [1.54, 1.807) is 0 Å². The van der Waals surface area contributed by atoms with Crippen LogP contribution in [0, 0.1) is 5.92 Å². The summed E-state index contributed by atoms with van der Waals surface area (Å²) < 4.78 is 0. The molecule has 0 saturated heterocycles. The molecule has 0 aromatic heterocycles. The molecule has 0 aromatic rings. The number of hydrogen-bond acceptors (Lipinski definition) is 0. The van der Waals surface area contributed by atoms with Crippen LogP contribution in [0.1, 0.15) is 39.5 Å². The smallest absolute Gasteiger partial charge is 0.150 e. The molecular weight excluding hydrogens is 208 g/mol. The van der Waals surface area contributed by atoms with Crippen molar-refractivity contribution in [3.05, 3.63) is 12.2 Å². The number of allylic oxidation sites excluding steroid dienone is 2. The second-order valence-electron chi connectivity index (χ2n) is 4.82. The molecule has 0 aliphatic carbocycles. The molecule has 1 atom stereocenters. The predicted octanol–water partition coefficient (Wildman–Crippen LogP) is 5.20. The number of halogens is 1. The number of rotatable bonds is 7. The highest BCUT2D eigenvalue weighted by Crippen LogP contribution is 2.22. The summed E-state index contributed by atoms with van der Waals surface area (Å²) in [4.78, 5) is 0. The first kappa shape index (κ1) is 14.2. The Bertz CT molecular complexity index is 158. The maximum Gasteiger partial charge on any atom is 0.150 e. The van der Waals surface area contributed by atoms with Gasteiger partial charge in [0.25, 0.3) is 0 Å². The Morgan fingerprint density at radius 2 is 1.86 bits per heavy atom. The van der Waals surface area contributed by atoms with Crippen LogP contribution in [-0.4, -0.2) is 7.38 Å². The molecule has 84 valence electrons. The van der Waals surface area contributed by atoms with Crippen molar-refractivity contribution in [2.75, 3.05) is 0 Å². The molecule has 0 amide bonds. The fourth-order valence-corrected chi connectivity index (χ4v) is 2.91. The lowest BCUT2D eigenvalue weighted by Crippen LogP contribution is -2.16. The molecule has 0 nitrogen and oxygen atoms in total. The molecular formula is C12H25ClSi. The normalized spacial score (nSPS) is 14.9. The maximum atomic E-state index is 6.29. The van der Waals surface area contributed by atoms with E-state index in [1.807, 2.05) is 0 Å². The van der Waals surface area contributed by atoms with E-state index in [4.69, 9.17) is 11.1 Å². The minimum absolute atomic E-state index is 0.835. The molecule has 0 fully saturated rings. The molecule has 0 spiro atoms. The minimum atomic E-state index is -1.32. The highest BCUT2D eigenvalue weighted by Gasteiger charge is 2.17. The van der Waals surface area contributed by atoms with Gasteiger partial charge in [-0.15, -0.1) is 0 Å². The van der Waals surface area contributed by atoms with Crippen LogP contribution < -0.4 is 0 Å². The van der Waals surface area contributed by atoms with Gasteiger partial charge in [0.2, 0.25) is 0 Å². The summed E-state index contributed by atoms with van der Waals surface area (Å²) >= 11 is 6.29. The van der Waals surface area contributed by atoms with Gasteiger partial charge in [-0.1, -0.05) is 45.5 Å². The largest absolute Gasteiger partial charge is 0.168 e. The van der Waals surface area contributed by atoms with E-state index >= 15 is 0 Å². The minimum Gasteiger partial charge on any atom is -0.168 e. The van der Waals surface area contributed by atoms with Crippen LogP contribution in [0.15, 0.2) is 12.2 Å². The molecule has 0 saturated carbocycles. The molecule has 2 heteroatoms. The van der Waals surface area contributed by atoms with Crippen molar-refractivity contribution in [2.24, 2.45) is 5.92 Å². The number of hydrogen-bond donors (Lipinski definition) is 0. The molecule has 0 radical (unpaired) electrons. The highest BCUT2D eigenvalue weighted by molar-refractivity contribution is 7.19. The Balaban J connectivity index is 3.46. The average Bonchev–Trinajstić information content (AvgIpc) is 2.08. The Kier molecular flexibility index (Phi) is 7.66. The summed E-state index contributed by atoms with van der Waals surface area (Å²) in [6.07, 6.45) is 9.59. The SMILES string of the molecule is CC/C=C/CCC(C)CC[Si](C)(C)Cl. The van der Waals surface area contributed by atoms with Gasteiger partial charge >= 0.3 is 0 Å². The fraction of sp³-hybridized carbons (Fsp3) is 0.833. The standard InChI is InChI=1S/C12H25ClSi/c1-5-6-7-8-9-12(2)10-11-14(3,4)13/h6-7,12H,5,8-11H2,1-4H3/b7-6+. The van der Waals surface area contributed by atoms with Gasteiger partial charge in [-0.3, -0.25) is 0 Å². The lowest BCUT2D eigenvalue weighted by molar-refractivity contribution is 0.519. The summed E-state index contributed by atoms with van der Waals surface area (Å²) in [5, 5.41) is 0. The molecule has 1 unspecified atom stereocenters. The lowest BCUT2D eigenvalue weighted by Gasteiger charge is -2.16. The summed E-state index contributed by atoms with van der Waals surface area (Å²) in [6, 6.07) is 1.26. The first-order valence-electron chi connectivity index (χ1n) is 5.79. The monoisotopic (exact) mass is 232 g/mol. The van der Waals surface area contributed by atoms with Crippen molar-refractivity contribution in [3.8, 4) is 0 Å². The van der Waals surface area contributed by atoms with Crippen LogP contribution in [0.2, 0.25) is 19.1 Å². The molecule has 0 N–H and O–H groups in total. The zero-order valence-electron chi connectivity index (χ0n) is 10.1. The van der Waals surface area contributed by atoms with Gasteiger partial charge in [-0.05, 0) is 31.2 Å². The second-order valence-corrected chi connectivity index (χ2v) is 11.8. The molecule has 0 aliphatic heterocycles. The Morgan fingerprint density at radius 1 is 1.21 bits per heavy atom. The lowest BCUT2D eigenvalue weighted by atomic mass is 10.0. The Hall–Kier alpha value is 0.247. The summed E-state index contributed by atoms with van der Waals surface area (Å²) in [5.41, 5.74) is 0. The summed E-state index contributed by atoms with van der Waals surface area (Å²) in [5.74, 6) is 0.835. The third-order valence-corrected chi connectivity index (χ3v) is 4.50. The molecule has 0 heterocycles. The predicted molar refractivity (Wildman–Crippen MR) is 70.6 cm³/mol. The fourth-order valence-electron chi connectivity index (χ4n) is 1.40. The van der Waals surface area contributed by atoms with E-state index in [2.05, 4.69) is 39.1 Å². The van der Waals surface area contributed by atoms with Crippen LogP contribution in [0.3, 0.4) is 0 Å². The Labute approximate surface area is 95.5 Å². The van der Waals surface area contributed by atoms with E-state index in [0.29, 0.717) is 0 Å². The van der Waals surface area contributed by atoms with E-state index in [9.17, 15) is 0 Å². The third kappa shape index (κ3) is 10.3. The van der Waals surface area contributed by atoms with E-state index < -0.39 is 7.38 Å². The van der Waals surface area contributed by atoms with Crippen LogP contribution in [0.5, 0.6) is 0 Å². The van der Waals surface area contributed by atoms with Crippen molar-refractivity contribution in [1.29, 1.82) is 0 Å². The second kappa shape index (κ2) is 7.53. The van der Waals surface area contributed by atoms with Gasteiger partial charge in [-0.2, -0.15) is 11.1 Å². The van der Waals surface area contributed by atoms with Crippen LogP contribution in [-0.2, 0) is 0 Å². The van der Waals surface area contributed by atoms with Gasteiger partial charge in [0.05, 0.1) is 0 Å². The van der Waals surface area contributed by atoms with Crippen molar-refractivity contribution < 1.29 is 0 Å². The topological polar surface area (TPSA) is 0 Å². The van der Waals surface area contributed by atoms with Gasteiger partial charge < -0.3 is 0 Å². The van der Waals surface area contributed by atoms with E-state index in [1.165, 1.54) is 25.3 Å². The highest BCUT2D eigenvalue weighted by atomic mass is 35.6. The van der Waals surface area contributed by atoms with Gasteiger partial charge in [0.15, 0.2) is 7.38 Å². The van der Waals surface area contributed by atoms with Crippen LogP contribution >= 0.6 is 11.1 Å². The first-order valence-corrected chi connectivity index (χ1v) is 10.0. The van der Waals surface area contributed by atoms with Gasteiger partial charge in [-0.25, -0.2) is 0 Å². The molecule has 0 rings (SSSR count). The Morgan fingerprint density at radius 3 is 2.36 bits per heavy atom. The zero-order valence-corrected chi connectivity index (χ0v) is 11.9. The quantitative estimate of drug-likeness (QED) is 0.322. The zero-order chi connectivity index (χ0) is 11.0. The molecule has 0 bridgehead atoms. The van der Waals surface area contributed by atoms with E-state index in [-0.39, 0.29) is 0 Å². The molecule has 0 aromatic carbocycles. The van der Waals surface area contributed by atoms with Gasteiger partial charge in [0, 0.05) is 0 Å². The van der Waals surface area contributed by atoms with Crippen molar-refractivity contribution in [1.82, 2.24) is 0 Å². The van der Waals surface area contributed by atoms with Crippen molar-refractivity contribution >= 4 is 18.5 Å². The summed E-state index contributed by atoms with van der Waals surface area (Å²) in [7, 11) is -1.32. The average molecular weight is 233 g/mol. The summed E-state index contributed by atoms with van der Waals surface area (Å²) in [6.45, 7) is 8.99. The molecule has 0 aliphatic rings.